The van der Waals surface area contributed by atoms with E-state index < -0.39 is 5.54 Å². The molecule has 0 unspecified atom stereocenters. The van der Waals surface area contributed by atoms with Crippen LogP contribution in [0.5, 0.6) is 0 Å². The van der Waals surface area contributed by atoms with Gasteiger partial charge in [0, 0.05) is 10.9 Å². The highest BCUT2D eigenvalue weighted by molar-refractivity contribution is 6.07. The fourth-order valence-corrected chi connectivity index (χ4v) is 1.85. The summed E-state index contributed by atoms with van der Waals surface area (Å²) in [5.74, 6) is 1.84. The Morgan fingerprint density at radius 3 is 2.47 bits per heavy atom. The lowest BCUT2D eigenvalue weighted by molar-refractivity contribution is 0.0931. The van der Waals surface area contributed by atoms with Crippen molar-refractivity contribution in [2.75, 3.05) is 0 Å². The summed E-state index contributed by atoms with van der Waals surface area (Å²) >= 11 is 0. The number of hydrogen-bond acceptors (Lipinski definition) is 1. The highest BCUT2D eigenvalue weighted by Crippen LogP contribution is 2.22. The zero-order chi connectivity index (χ0) is 14.0. The first kappa shape index (κ1) is 13.1. The van der Waals surface area contributed by atoms with Crippen molar-refractivity contribution >= 4 is 16.7 Å². The number of fused-ring (bicyclic) bond motifs is 1. The Balaban J connectivity index is 2.50. The summed E-state index contributed by atoms with van der Waals surface area (Å²) in [6, 6.07) is 9.63. The Bertz CT molecular complexity index is 683. The molecule has 0 spiro atoms. The minimum absolute atomic E-state index is 0.306. The maximum atomic E-state index is 13.7. The van der Waals surface area contributed by atoms with E-state index in [-0.39, 0.29) is 11.7 Å². The Morgan fingerprint density at radius 1 is 1.21 bits per heavy atom. The molecule has 3 heteroatoms. The summed E-state index contributed by atoms with van der Waals surface area (Å²) < 4.78 is 13.7. The third-order valence-corrected chi connectivity index (χ3v) is 2.90. The Kier molecular flexibility index (Phi) is 3.26. The van der Waals surface area contributed by atoms with Gasteiger partial charge in [-0.2, -0.15) is 0 Å². The molecule has 0 aliphatic carbocycles. The molecule has 0 saturated heterocycles. The Hall–Kier alpha value is -2.34. The molecule has 1 amide bonds. The number of hydrogen-bond donors (Lipinski definition) is 1. The number of amides is 1. The molecule has 0 aromatic heterocycles. The maximum absolute atomic E-state index is 13.7. The first-order valence-corrected chi connectivity index (χ1v) is 5.92. The van der Waals surface area contributed by atoms with E-state index in [1.54, 1.807) is 38.1 Å². The van der Waals surface area contributed by atoms with Crippen molar-refractivity contribution in [2.24, 2.45) is 0 Å². The largest absolute Gasteiger partial charge is 0.336 e. The van der Waals surface area contributed by atoms with E-state index in [0.717, 1.165) is 0 Å². The van der Waals surface area contributed by atoms with Crippen LogP contribution in [0.1, 0.15) is 24.2 Å². The smallest absolute Gasteiger partial charge is 0.253 e. The average molecular weight is 255 g/mol. The van der Waals surface area contributed by atoms with Gasteiger partial charge in [-0.3, -0.25) is 4.79 Å². The molecular weight excluding hydrogens is 241 g/mol. The number of halogens is 1. The first-order chi connectivity index (χ1) is 8.94. The second-order valence-corrected chi connectivity index (χ2v) is 4.86. The van der Waals surface area contributed by atoms with Crippen molar-refractivity contribution < 1.29 is 9.18 Å². The highest BCUT2D eigenvalue weighted by Gasteiger charge is 2.20. The van der Waals surface area contributed by atoms with Gasteiger partial charge in [0.15, 0.2) is 0 Å². The van der Waals surface area contributed by atoms with E-state index in [1.165, 1.54) is 12.1 Å². The second-order valence-electron chi connectivity index (χ2n) is 4.86. The van der Waals surface area contributed by atoms with E-state index in [9.17, 15) is 9.18 Å². The Labute approximate surface area is 111 Å². The summed E-state index contributed by atoms with van der Waals surface area (Å²) in [5, 5.41) is 3.74. The monoisotopic (exact) mass is 255 g/mol. The van der Waals surface area contributed by atoms with Crippen molar-refractivity contribution in [1.29, 1.82) is 0 Å². The minimum atomic E-state index is -0.743. The van der Waals surface area contributed by atoms with Crippen LogP contribution in [0.15, 0.2) is 36.4 Å². The van der Waals surface area contributed by atoms with Gasteiger partial charge in [-0.15, -0.1) is 6.42 Å². The van der Waals surface area contributed by atoms with Crippen LogP contribution in [0.2, 0.25) is 0 Å². The fraction of sp³-hybridized carbons (Fsp3) is 0.188. The van der Waals surface area contributed by atoms with Gasteiger partial charge in [0.25, 0.3) is 5.91 Å². The molecular formula is C16H14FNO. The quantitative estimate of drug-likeness (QED) is 0.821. The van der Waals surface area contributed by atoms with Crippen LogP contribution in [0.4, 0.5) is 4.39 Å². The van der Waals surface area contributed by atoms with Crippen LogP contribution in [-0.2, 0) is 0 Å². The first-order valence-electron chi connectivity index (χ1n) is 5.92. The Morgan fingerprint density at radius 2 is 1.84 bits per heavy atom. The van der Waals surface area contributed by atoms with Crippen LogP contribution in [0.25, 0.3) is 10.8 Å². The number of carbonyl (C=O) groups excluding carboxylic acids is 1. The molecule has 0 aliphatic rings. The molecule has 0 atom stereocenters. The van der Waals surface area contributed by atoms with Gasteiger partial charge >= 0.3 is 0 Å². The van der Waals surface area contributed by atoms with Crippen LogP contribution in [0, 0.1) is 18.2 Å². The molecule has 2 aromatic rings. The molecule has 2 aromatic carbocycles. The molecule has 19 heavy (non-hydrogen) atoms. The van der Waals surface area contributed by atoms with E-state index in [1.807, 2.05) is 0 Å². The van der Waals surface area contributed by atoms with Gasteiger partial charge in [-0.05, 0) is 31.4 Å². The molecule has 0 radical (unpaired) electrons. The van der Waals surface area contributed by atoms with E-state index in [4.69, 9.17) is 6.42 Å². The maximum Gasteiger partial charge on any atom is 0.253 e. The molecule has 0 heterocycles. The molecule has 96 valence electrons. The SMILES string of the molecule is C#CC(C)(C)NC(=O)c1ccc(F)c2ccccc12. The van der Waals surface area contributed by atoms with Crippen LogP contribution in [0.3, 0.4) is 0 Å². The summed E-state index contributed by atoms with van der Waals surface area (Å²) in [4.78, 5) is 12.2. The zero-order valence-electron chi connectivity index (χ0n) is 10.8. The van der Waals surface area contributed by atoms with Gasteiger partial charge in [-0.1, -0.05) is 30.2 Å². The standard InChI is InChI=1S/C16H14FNO/c1-4-16(2,3)18-15(19)13-9-10-14(17)12-8-6-5-7-11(12)13/h1,5-10H,2-3H3,(H,18,19). The highest BCUT2D eigenvalue weighted by atomic mass is 19.1. The van der Waals surface area contributed by atoms with Gasteiger partial charge < -0.3 is 5.32 Å². The summed E-state index contributed by atoms with van der Waals surface area (Å²) in [6.45, 7) is 3.47. The lowest BCUT2D eigenvalue weighted by Crippen LogP contribution is -2.42. The van der Waals surface area contributed by atoms with E-state index in [0.29, 0.717) is 16.3 Å². The molecule has 2 nitrogen and oxygen atoms in total. The lowest BCUT2D eigenvalue weighted by Gasteiger charge is -2.20. The van der Waals surface area contributed by atoms with Crippen LogP contribution >= 0.6 is 0 Å². The number of nitrogens with one attached hydrogen (secondary N) is 1. The minimum Gasteiger partial charge on any atom is -0.336 e. The summed E-state index contributed by atoms with van der Waals surface area (Å²) in [5.41, 5.74) is -0.327. The number of carbonyl (C=O) groups is 1. The molecule has 0 aliphatic heterocycles. The molecule has 0 saturated carbocycles. The fourth-order valence-electron chi connectivity index (χ4n) is 1.85. The van der Waals surface area contributed by atoms with E-state index in [2.05, 4.69) is 11.2 Å². The number of benzene rings is 2. The van der Waals surface area contributed by atoms with Crippen LogP contribution in [-0.4, -0.2) is 11.4 Å². The molecule has 2 rings (SSSR count). The van der Waals surface area contributed by atoms with Gasteiger partial charge in [0.05, 0.1) is 5.54 Å². The lowest BCUT2D eigenvalue weighted by atomic mass is 10.0. The molecule has 1 N–H and O–H groups in total. The van der Waals surface area contributed by atoms with E-state index >= 15 is 0 Å². The third kappa shape index (κ3) is 2.58. The zero-order valence-corrected chi connectivity index (χ0v) is 10.8. The van der Waals surface area contributed by atoms with Gasteiger partial charge in [0.2, 0.25) is 0 Å². The third-order valence-electron chi connectivity index (χ3n) is 2.90. The summed E-state index contributed by atoms with van der Waals surface area (Å²) in [7, 11) is 0. The molecule has 0 fully saturated rings. The van der Waals surface area contributed by atoms with Gasteiger partial charge in [0.1, 0.15) is 5.82 Å². The van der Waals surface area contributed by atoms with Crippen LogP contribution < -0.4 is 5.32 Å². The van der Waals surface area contributed by atoms with Crippen molar-refractivity contribution in [3.63, 3.8) is 0 Å². The summed E-state index contributed by atoms with van der Waals surface area (Å²) in [6.07, 6.45) is 5.34. The van der Waals surface area contributed by atoms with Crippen molar-refractivity contribution in [3.05, 3.63) is 47.8 Å². The molecule has 0 bridgehead atoms. The van der Waals surface area contributed by atoms with Gasteiger partial charge in [-0.25, -0.2) is 4.39 Å². The number of terminal acetylenes is 1. The normalized spacial score (nSPS) is 11.1. The topological polar surface area (TPSA) is 29.1 Å². The number of rotatable bonds is 2. The average Bonchev–Trinajstić information content (AvgIpc) is 2.39. The predicted molar refractivity (Wildman–Crippen MR) is 74.3 cm³/mol. The van der Waals surface area contributed by atoms with Crippen molar-refractivity contribution in [2.45, 2.75) is 19.4 Å². The predicted octanol–water partition coefficient (Wildman–Crippen LogP) is 3.12. The van der Waals surface area contributed by atoms with Crippen molar-refractivity contribution in [3.8, 4) is 12.3 Å². The van der Waals surface area contributed by atoms with Crippen molar-refractivity contribution in [1.82, 2.24) is 5.32 Å². The second kappa shape index (κ2) is 4.74.